The van der Waals surface area contributed by atoms with E-state index in [1.165, 1.54) is 7.05 Å². The fourth-order valence-electron chi connectivity index (χ4n) is 3.35. The van der Waals surface area contributed by atoms with Crippen LogP contribution in [0.1, 0.15) is 12.5 Å². The van der Waals surface area contributed by atoms with Crippen LogP contribution in [-0.4, -0.2) is 59.0 Å². The Morgan fingerprint density at radius 1 is 1.06 bits per heavy atom. The fraction of sp³-hybridized carbons (Fsp3) is 0.381. The lowest BCUT2D eigenvalue weighted by Gasteiger charge is -2.38. The Labute approximate surface area is 206 Å². The van der Waals surface area contributed by atoms with Gasteiger partial charge in [-0.05, 0) is 43.8 Å². The summed E-state index contributed by atoms with van der Waals surface area (Å²) in [5, 5.41) is 4.13. The number of nitrogens with one attached hydrogen (secondary N) is 2. The van der Waals surface area contributed by atoms with E-state index in [2.05, 4.69) is 25.9 Å². The molecule has 2 aromatic rings. The number of anilines is 1. The molecule has 2 aromatic carbocycles. The zero-order valence-electron chi connectivity index (χ0n) is 17.7. The number of piperazine rings is 1. The third-order valence-corrected chi connectivity index (χ3v) is 6.77. The quantitative estimate of drug-likeness (QED) is 0.313. The highest BCUT2D eigenvalue weighted by molar-refractivity contribution is 14.0. The van der Waals surface area contributed by atoms with Crippen LogP contribution in [0.4, 0.5) is 5.69 Å². The molecular formula is C21H29ClIN5O2S. The molecular weight excluding hydrogens is 549 g/mol. The molecule has 1 heterocycles. The van der Waals surface area contributed by atoms with E-state index >= 15 is 0 Å². The molecule has 0 unspecified atom stereocenters. The normalized spacial score (nSPS) is 14.9. The van der Waals surface area contributed by atoms with Gasteiger partial charge in [0, 0.05) is 32.7 Å². The van der Waals surface area contributed by atoms with Crippen molar-refractivity contribution in [3.8, 4) is 0 Å². The van der Waals surface area contributed by atoms with Gasteiger partial charge in [-0.3, -0.25) is 0 Å². The highest BCUT2D eigenvalue weighted by Crippen LogP contribution is 2.26. The maximum Gasteiger partial charge on any atom is 0.240 e. The number of sulfonamides is 1. The van der Waals surface area contributed by atoms with Crippen LogP contribution >= 0.6 is 35.6 Å². The molecule has 0 bridgehead atoms. The Kier molecular flexibility index (Phi) is 9.86. The first-order chi connectivity index (χ1) is 14.4. The summed E-state index contributed by atoms with van der Waals surface area (Å²) in [4.78, 5) is 9.55. The Balaban J connectivity index is 0.00000341. The van der Waals surface area contributed by atoms with Crippen LogP contribution in [0.15, 0.2) is 58.4 Å². The molecule has 1 saturated heterocycles. The van der Waals surface area contributed by atoms with E-state index in [1.54, 1.807) is 24.3 Å². The van der Waals surface area contributed by atoms with Crippen molar-refractivity contribution in [3.05, 3.63) is 59.1 Å². The average Bonchev–Trinajstić information content (AvgIpc) is 2.77. The van der Waals surface area contributed by atoms with E-state index in [0.29, 0.717) is 6.54 Å². The Bertz CT molecular complexity index is 978. The average molecular weight is 578 g/mol. The predicted octanol–water partition coefficient (Wildman–Crippen LogP) is 3.15. The Hall–Kier alpha value is -1.56. The molecule has 2 N–H and O–H groups in total. The zero-order chi connectivity index (χ0) is 21.6. The van der Waals surface area contributed by atoms with Gasteiger partial charge in [0.05, 0.1) is 22.2 Å². The third kappa shape index (κ3) is 6.71. The van der Waals surface area contributed by atoms with Crippen molar-refractivity contribution < 1.29 is 8.42 Å². The van der Waals surface area contributed by atoms with E-state index in [0.717, 1.165) is 55.0 Å². The number of hydrogen-bond acceptors (Lipinski definition) is 4. The summed E-state index contributed by atoms with van der Waals surface area (Å²) < 4.78 is 26.0. The molecule has 0 radical (unpaired) electrons. The topological polar surface area (TPSA) is 77.0 Å². The summed E-state index contributed by atoms with van der Waals surface area (Å²) in [5.41, 5.74) is 2.02. The van der Waals surface area contributed by atoms with E-state index in [-0.39, 0.29) is 28.9 Å². The van der Waals surface area contributed by atoms with Gasteiger partial charge in [0.25, 0.3) is 0 Å². The van der Waals surface area contributed by atoms with Crippen LogP contribution in [0.25, 0.3) is 0 Å². The van der Waals surface area contributed by atoms with Gasteiger partial charge < -0.3 is 15.1 Å². The van der Waals surface area contributed by atoms with Gasteiger partial charge in [0.15, 0.2) is 5.96 Å². The largest absolute Gasteiger partial charge is 0.367 e. The molecule has 0 atom stereocenters. The van der Waals surface area contributed by atoms with Crippen LogP contribution in [-0.2, 0) is 16.6 Å². The number of nitrogens with zero attached hydrogens (tertiary/aromatic N) is 3. The number of guanidine groups is 1. The number of para-hydroxylation sites is 1. The summed E-state index contributed by atoms with van der Waals surface area (Å²) >= 11 is 6.34. The van der Waals surface area contributed by atoms with Crippen molar-refractivity contribution in [3.63, 3.8) is 0 Å². The summed E-state index contributed by atoms with van der Waals surface area (Å²) in [6.45, 7) is 6.73. The second-order valence-corrected chi connectivity index (χ2v) is 9.24. The van der Waals surface area contributed by atoms with Crippen molar-refractivity contribution in [1.29, 1.82) is 0 Å². The molecule has 31 heavy (non-hydrogen) atoms. The summed E-state index contributed by atoms with van der Waals surface area (Å²) in [6, 6.07) is 14.7. The smallest absolute Gasteiger partial charge is 0.240 e. The van der Waals surface area contributed by atoms with Crippen LogP contribution in [0.2, 0.25) is 5.02 Å². The second-order valence-electron chi connectivity index (χ2n) is 6.95. The number of aliphatic imine (C=N–C) groups is 1. The summed E-state index contributed by atoms with van der Waals surface area (Å²) in [7, 11) is -2.02. The first-order valence-corrected chi connectivity index (χ1v) is 11.9. The fourth-order valence-corrected chi connectivity index (χ4v) is 4.34. The number of rotatable bonds is 6. The minimum atomic E-state index is -3.42. The van der Waals surface area contributed by atoms with Crippen molar-refractivity contribution in [2.24, 2.45) is 4.99 Å². The standard InChI is InChI=1S/C21H28ClN5O2S.HI/c1-3-24-21(25-16-17-8-10-18(11-9-17)30(28,29)23-2)27-14-12-26(13-15-27)20-7-5-4-6-19(20)22;/h4-11,23H,3,12-16H2,1-2H3,(H,24,25);1H. The molecule has 1 aliphatic rings. The van der Waals surface area contributed by atoms with Gasteiger partial charge in [0.1, 0.15) is 0 Å². The monoisotopic (exact) mass is 577 g/mol. The molecule has 3 rings (SSSR count). The second kappa shape index (κ2) is 11.9. The van der Waals surface area contributed by atoms with Gasteiger partial charge in [0.2, 0.25) is 10.0 Å². The Morgan fingerprint density at radius 2 is 1.71 bits per heavy atom. The van der Waals surface area contributed by atoms with Gasteiger partial charge in [-0.2, -0.15) is 0 Å². The molecule has 170 valence electrons. The van der Waals surface area contributed by atoms with Crippen LogP contribution in [0.3, 0.4) is 0 Å². The third-order valence-electron chi connectivity index (χ3n) is 5.02. The van der Waals surface area contributed by atoms with Gasteiger partial charge >= 0.3 is 0 Å². The van der Waals surface area contributed by atoms with Gasteiger partial charge in [-0.25, -0.2) is 18.1 Å². The highest BCUT2D eigenvalue weighted by atomic mass is 127. The lowest BCUT2D eigenvalue weighted by molar-refractivity contribution is 0.372. The van der Waals surface area contributed by atoms with Crippen LogP contribution < -0.4 is 14.9 Å². The minimum absolute atomic E-state index is 0. The molecule has 7 nitrogen and oxygen atoms in total. The number of hydrogen-bond donors (Lipinski definition) is 2. The lowest BCUT2D eigenvalue weighted by atomic mass is 10.2. The van der Waals surface area contributed by atoms with Gasteiger partial charge in [-0.15, -0.1) is 24.0 Å². The highest BCUT2D eigenvalue weighted by Gasteiger charge is 2.21. The molecule has 0 aromatic heterocycles. The van der Waals surface area contributed by atoms with E-state index in [9.17, 15) is 8.42 Å². The summed E-state index contributed by atoms with van der Waals surface area (Å²) in [5.74, 6) is 0.864. The maximum absolute atomic E-state index is 11.9. The van der Waals surface area contributed by atoms with E-state index < -0.39 is 10.0 Å². The molecule has 0 saturated carbocycles. The number of benzene rings is 2. The van der Waals surface area contributed by atoms with Crippen LogP contribution in [0.5, 0.6) is 0 Å². The molecule has 0 amide bonds. The molecule has 0 aliphatic carbocycles. The SMILES string of the molecule is CCNC(=NCc1ccc(S(=O)(=O)NC)cc1)N1CCN(c2ccccc2Cl)CC1.I. The zero-order valence-corrected chi connectivity index (χ0v) is 21.6. The number of halogens is 2. The van der Waals surface area contributed by atoms with Crippen molar-refractivity contribution in [2.45, 2.75) is 18.4 Å². The van der Waals surface area contributed by atoms with Crippen LogP contribution in [0, 0.1) is 0 Å². The molecule has 1 fully saturated rings. The predicted molar refractivity (Wildman–Crippen MR) is 138 cm³/mol. The lowest BCUT2D eigenvalue weighted by Crippen LogP contribution is -2.52. The van der Waals surface area contributed by atoms with Crippen molar-refractivity contribution >= 4 is 57.2 Å². The van der Waals surface area contributed by atoms with E-state index in [4.69, 9.17) is 16.6 Å². The molecule has 1 aliphatic heterocycles. The first-order valence-electron chi connectivity index (χ1n) is 10.00. The Morgan fingerprint density at radius 3 is 2.29 bits per heavy atom. The molecule has 0 spiro atoms. The molecule has 10 heteroatoms. The summed E-state index contributed by atoms with van der Waals surface area (Å²) in [6.07, 6.45) is 0. The van der Waals surface area contributed by atoms with E-state index in [1.807, 2.05) is 25.1 Å². The maximum atomic E-state index is 11.9. The van der Waals surface area contributed by atoms with Crippen molar-refractivity contribution in [1.82, 2.24) is 14.9 Å². The minimum Gasteiger partial charge on any atom is -0.367 e. The van der Waals surface area contributed by atoms with Gasteiger partial charge in [-0.1, -0.05) is 35.9 Å². The first kappa shape index (κ1) is 25.7. The van der Waals surface area contributed by atoms with Crippen molar-refractivity contribution in [2.75, 3.05) is 44.7 Å².